The maximum atomic E-state index is 14.4. The normalized spacial score (nSPS) is 14.1. The number of esters is 1. The molecule has 2 aromatic heterocycles. The summed E-state index contributed by atoms with van der Waals surface area (Å²) < 4.78 is 42.6. The van der Waals surface area contributed by atoms with Gasteiger partial charge in [0.05, 0.1) is 16.6 Å². The fourth-order valence-corrected chi connectivity index (χ4v) is 7.92. The summed E-state index contributed by atoms with van der Waals surface area (Å²) in [6.07, 6.45) is 3.08. The molecule has 0 amide bonds. The second-order valence-electron chi connectivity index (χ2n) is 13.5. The second-order valence-corrected chi connectivity index (χ2v) is 15.0. The van der Waals surface area contributed by atoms with Gasteiger partial charge in [-0.2, -0.15) is 0 Å². The fourth-order valence-electron chi connectivity index (χ4n) is 6.60. The van der Waals surface area contributed by atoms with Crippen LogP contribution in [0.15, 0.2) is 114 Å². The highest BCUT2D eigenvalue weighted by Crippen LogP contribution is 2.48. The standard InChI is InChI=1S/C42H38F2N2O3S/c1-27-19-35-38(48-26-34-16-15-31(23-45-34)30-11-5-4-6-12-30)18-17-36-39(35)40(50-27)37(46(36)24-28-9-7-13-32(43)20-28)22-42(2,3)41(47)49-25-29-10-8-14-33(44)21-29/h4-18,20-21,23,27H,19,22,24-26H2,1-3H3. The lowest BCUT2D eigenvalue weighted by Crippen LogP contribution is -2.30. The van der Waals surface area contributed by atoms with Crippen LogP contribution in [0.5, 0.6) is 5.75 Å². The Morgan fingerprint density at radius 3 is 2.34 bits per heavy atom. The van der Waals surface area contributed by atoms with E-state index in [9.17, 15) is 13.6 Å². The Kier molecular flexibility index (Phi) is 9.47. The molecule has 1 aliphatic heterocycles. The third-order valence-corrected chi connectivity index (χ3v) is 10.4. The molecule has 1 aliphatic rings. The molecule has 4 aromatic carbocycles. The van der Waals surface area contributed by atoms with Crippen LogP contribution in [0.3, 0.4) is 0 Å². The van der Waals surface area contributed by atoms with Gasteiger partial charge < -0.3 is 14.0 Å². The first kappa shape index (κ1) is 33.5. The Hall–Kier alpha value is -4.95. The van der Waals surface area contributed by atoms with Crippen LogP contribution < -0.4 is 4.74 Å². The van der Waals surface area contributed by atoms with E-state index in [0.29, 0.717) is 25.1 Å². The van der Waals surface area contributed by atoms with Gasteiger partial charge in [0, 0.05) is 51.5 Å². The SMILES string of the molecule is CC1Cc2c(OCc3ccc(-c4ccccc4)cn3)ccc3c2c(c(CC(C)(C)C(=O)OCc2cccc(F)c2)n3Cc2cccc(F)c2)S1. The third kappa shape index (κ3) is 7.17. The molecule has 0 saturated carbocycles. The van der Waals surface area contributed by atoms with E-state index in [1.807, 2.05) is 56.4 Å². The van der Waals surface area contributed by atoms with Crippen molar-refractivity contribution < 1.29 is 23.0 Å². The van der Waals surface area contributed by atoms with Crippen LogP contribution in [0, 0.1) is 17.0 Å². The predicted octanol–water partition coefficient (Wildman–Crippen LogP) is 9.96. The number of hydrogen-bond donors (Lipinski definition) is 0. The molecular weight excluding hydrogens is 651 g/mol. The Bertz CT molecular complexity index is 2160. The van der Waals surface area contributed by atoms with Gasteiger partial charge in [-0.15, -0.1) is 11.8 Å². The second kappa shape index (κ2) is 14.1. The Morgan fingerprint density at radius 2 is 1.62 bits per heavy atom. The Morgan fingerprint density at radius 1 is 0.880 bits per heavy atom. The summed E-state index contributed by atoms with van der Waals surface area (Å²) in [6, 6.07) is 31.0. The molecular formula is C42H38F2N2O3S. The van der Waals surface area contributed by atoms with Crippen molar-refractivity contribution in [3.8, 4) is 16.9 Å². The number of benzene rings is 4. The molecule has 254 valence electrons. The molecule has 5 nitrogen and oxygen atoms in total. The minimum Gasteiger partial charge on any atom is -0.487 e. The maximum Gasteiger partial charge on any atom is 0.312 e. The van der Waals surface area contributed by atoms with Crippen LogP contribution in [0.25, 0.3) is 22.0 Å². The summed E-state index contributed by atoms with van der Waals surface area (Å²) in [6.45, 7) is 6.70. The average molecular weight is 689 g/mol. The topological polar surface area (TPSA) is 53.4 Å². The average Bonchev–Trinajstić information content (AvgIpc) is 3.38. The molecule has 50 heavy (non-hydrogen) atoms. The number of halogens is 2. The van der Waals surface area contributed by atoms with Gasteiger partial charge in [-0.1, -0.05) is 67.6 Å². The minimum absolute atomic E-state index is 0.0143. The predicted molar refractivity (Wildman–Crippen MR) is 194 cm³/mol. The lowest BCUT2D eigenvalue weighted by Gasteiger charge is -2.26. The monoisotopic (exact) mass is 688 g/mol. The molecule has 6 aromatic rings. The molecule has 1 atom stereocenters. The first-order valence-electron chi connectivity index (χ1n) is 16.8. The lowest BCUT2D eigenvalue weighted by molar-refractivity contribution is -0.155. The molecule has 7 rings (SSSR count). The zero-order chi connectivity index (χ0) is 34.8. The van der Waals surface area contributed by atoms with Gasteiger partial charge in [0.25, 0.3) is 0 Å². The van der Waals surface area contributed by atoms with E-state index in [0.717, 1.165) is 61.6 Å². The molecule has 0 aliphatic carbocycles. The van der Waals surface area contributed by atoms with Crippen molar-refractivity contribution in [3.63, 3.8) is 0 Å². The number of carbonyl (C=O) groups is 1. The van der Waals surface area contributed by atoms with E-state index < -0.39 is 5.41 Å². The minimum atomic E-state index is -0.907. The zero-order valence-electron chi connectivity index (χ0n) is 28.3. The number of hydrogen-bond acceptors (Lipinski definition) is 5. The Labute approximate surface area is 295 Å². The van der Waals surface area contributed by atoms with Crippen molar-refractivity contribution >= 4 is 28.6 Å². The molecule has 8 heteroatoms. The summed E-state index contributed by atoms with van der Waals surface area (Å²) in [5, 5.41) is 1.36. The largest absolute Gasteiger partial charge is 0.487 e. The molecule has 1 unspecified atom stereocenters. The van der Waals surface area contributed by atoms with E-state index >= 15 is 0 Å². The molecule has 0 radical (unpaired) electrons. The van der Waals surface area contributed by atoms with Crippen molar-refractivity contribution in [3.05, 3.63) is 149 Å². The Balaban J connectivity index is 1.22. The number of rotatable bonds is 11. The van der Waals surface area contributed by atoms with Gasteiger partial charge in [0.15, 0.2) is 0 Å². The van der Waals surface area contributed by atoms with Crippen molar-refractivity contribution in [1.29, 1.82) is 0 Å². The molecule has 0 saturated heterocycles. The van der Waals surface area contributed by atoms with Gasteiger partial charge in [-0.25, -0.2) is 8.78 Å². The van der Waals surface area contributed by atoms with Gasteiger partial charge >= 0.3 is 5.97 Å². The number of ether oxygens (including phenoxy) is 2. The number of thioether (sulfide) groups is 1. The van der Waals surface area contributed by atoms with Crippen LogP contribution in [-0.2, 0) is 42.1 Å². The molecule has 0 spiro atoms. The molecule has 3 heterocycles. The summed E-state index contributed by atoms with van der Waals surface area (Å²) in [5.74, 6) is -0.235. The summed E-state index contributed by atoms with van der Waals surface area (Å²) in [4.78, 5) is 19.3. The third-order valence-electron chi connectivity index (χ3n) is 9.12. The number of pyridine rings is 1. The van der Waals surface area contributed by atoms with Crippen LogP contribution in [0.1, 0.15) is 48.8 Å². The smallest absolute Gasteiger partial charge is 0.312 e. The van der Waals surface area contributed by atoms with Crippen molar-refractivity contribution in [1.82, 2.24) is 9.55 Å². The zero-order valence-corrected chi connectivity index (χ0v) is 29.1. The molecule has 0 N–H and O–H groups in total. The highest BCUT2D eigenvalue weighted by molar-refractivity contribution is 8.00. The van der Waals surface area contributed by atoms with Crippen molar-refractivity contribution in [2.75, 3.05) is 0 Å². The molecule has 0 bridgehead atoms. The van der Waals surface area contributed by atoms with Crippen LogP contribution >= 0.6 is 11.8 Å². The summed E-state index contributed by atoms with van der Waals surface area (Å²) >= 11 is 1.80. The van der Waals surface area contributed by atoms with E-state index in [4.69, 9.17) is 9.47 Å². The first-order valence-corrected chi connectivity index (χ1v) is 17.7. The maximum absolute atomic E-state index is 14.4. The van der Waals surface area contributed by atoms with Crippen LogP contribution in [0.4, 0.5) is 8.78 Å². The van der Waals surface area contributed by atoms with E-state index in [1.54, 1.807) is 36.0 Å². The highest BCUT2D eigenvalue weighted by Gasteiger charge is 2.36. The summed E-state index contributed by atoms with van der Waals surface area (Å²) in [5.41, 5.74) is 6.63. The van der Waals surface area contributed by atoms with Gasteiger partial charge in [-0.05, 0) is 79.4 Å². The highest BCUT2D eigenvalue weighted by atomic mass is 32.2. The van der Waals surface area contributed by atoms with E-state index in [1.165, 1.54) is 18.2 Å². The van der Waals surface area contributed by atoms with E-state index in [2.05, 4.69) is 40.7 Å². The molecule has 0 fully saturated rings. The van der Waals surface area contributed by atoms with Crippen molar-refractivity contribution in [2.45, 2.75) is 63.5 Å². The van der Waals surface area contributed by atoms with E-state index in [-0.39, 0.29) is 29.5 Å². The van der Waals surface area contributed by atoms with Crippen molar-refractivity contribution in [2.24, 2.45) is 5.41 Å². The van der Waals surface area contributed by atoms with Gasteiger partial charge in [0.1, 0.15) is 30.6 Å². The fraction of sp³-hybridized carbons (Fsp3) is 0.238. The summed E-state index contributed by atoms with van der Waals surface area (Å²) in [7, 11) is 0. The number of aromatic nitrogens is 2. The van der Waals surface area contributed by atoms with Crippen LogP contribution in [-0.4, -0.2) is 20.8 Å². The lowest BCUT2D eigenvalue weighted by atomic mass is 9.87. The van der Waals surface area contributed by atoms with Crippen LogP contribution in [0.2, 0.25) is 0 Å². The van der Waals surface area contributed by atoms with Gasteiger partial charge in [-0.3, -0.25) is 9.78 Å². The van der Waals surface area contributed by atoms with Gasteiger partial charge in [0.2, 0.25) is 0 Å². The number of nitrogens with zero attached hydrogens (tertiary/aromatic N) is 2. The number of carbonyl (C=O) groups excluding carboxylic acids is 1. The quantitative estimate of drug-likeness (QED) is 0.127. The first-order chi connectivity index (χ1) is 24.1.